The van der Waals surface area contributed by atoms with Gasteiger partial charge >= 0.3 is 6.18 Å². The van der Waals surface area contributed by atoms with Gasteiger partial charge in [-0.3, -0.25) is 4.68 Å². The normalized spacial score (nSPS) is 13.8. The molecule has 5 nitrogen and oxygen atoms in total. The molecular formula is C16H22F3N5S. The molecule has 138 valence electrons. The fraction of sp³-hybridized carbons (Fsp3) is 0.500. The quantitative estimate of drug-likeness (QED) is 0.603. The van der Waals surface area contributed by atoms with Crippen molar-refractivity contribution in [1.29, 1.82) is 0 Å². The maximum atomic E-state index is 13.0. The van der Waals surface area contributed by atoms with Crippen LogP contribution in [0.5, 0.6) is 0 Å². The number of hydrogen-bond donors (Lipinski definition) is 2. The van der Waals surface area contributed by atoms with Crippen molar-refractivity contribution in [1.82, 2.24) is 20.4 Å². The number of nitrogens with one attached hydrogen (secondary N) is 2. The van der Waals surface area contributed by atoms with Crippen molar-refractivity contribution in [3.05, 3.63) is 39.8 Å². The van der Waals surface area contributed by atoms with Crippen molar-refractivity contribution in [2.75, 3.05) is 13.1 Å². The van der Waals surface area contributed by atoms with Crippen molar-refractivity contribution < 1.29 is 13.2 Å². The van der Waals surface area contributed by atoms with Crippen molar-refractivity contribution in [2.24, 2.45) is 12.0 Å². The fourth-order valence-corrected chi connectivity index (χ4v) is 3.11. The van der Waals surface area contributed by atoms with Crippen LogP contribution in [0.1, 0.15) is 35.9 Å². The first-order chi connectivity index (χ1) is 11.8. The van der Waals surface area contributed by atoms with Crippen molar-refractivity contribution >= 4 is 17.3 Å². The van der Waals surface area contributed by atoms with Crippen molar-refractivity contribution in [2.45, 2.75) is 32.5 Å². The highest BCUT2D eigenvalue weighted by atomic mass is 32.1. The lowest BCUT2D eigenvalue weighted by Crippen LogP contribution is -2.39. The summed E-state index contributed by atoms with van der Waals surface area (Å²) in [5, 5.41) is 11.8. The van der Waals surface area contributed by atoms with E-state index in [2.05, 4.69) is 33.7 Å². The first kappa shape index (κ1) is 19.3. The minimum Gasteiger partial charge on any atom is -0.357 e. The molecule has 0 spiro atoms. The highest BCUT2D eigenvalue weighted by Crippen LogP contribution is 2.30. The SMILES string of the molecule is CCNC(=NCc1cn(C)nc1C(F)(F)F)NCC(C)c1cccs1. The van der Waals surface area contributed by atoms with Crippen LogP contribution in [0, 0.1) is 0 Å². The van der Waals surface area contributed by atoms with Gasteiger partial charge in [-0.15, -0.1) is 11.3 Å². The van der Waals surface area contributed by atoms with Crippen molar-refractivity contribution in [3.63, 3.8) is 0 Å². The summed E-state index contributed by atoms with van der Waals surface area (Å²) in [5.74, 6) is 0.774. The van der Waals surface area contributed by atoms with Crippen LogP contribution in [0.4, 0.5) is 13.2 Å². The molecule has 2 rings (SSSR count). The molecule has 1 unspecified atom stereocenters. The molecule has 0 aliphatic rings. The van der Waals surface area contributed by atoms with E-state index >= 15 is 0 Å². The van der Waals surface area contributed by atoms with Gasteiger partial charge in [-0.05, 0) is 18.4 Å². The second kappa shape index (κ2) is 8.37. The first-order valence-electron chi connectivity index (χ1n) is 7.96. The Kier molecular flexibility index (Phi) is 6.46. The van der Waals surface area contributed by atoms with Crippen molar-refractivity contribution in [3.8, 4) is 0 Å². The molecule has 0 radical (unpaired) electrons. The summed E-state index contributed by atoms with van der Waals surface area (Å²) >= 11 is 1.68. The molecule has 0 fully saturated rings. The summed E-state index contributed by atoms with van der Waals surface area (Å²) in [6, 6.07) is 4.06. The van der Waals surface area contributed by atoms with Crippen LogP contribution in [0.25, 0.3) is 0 Å². The largest absolute Gasteiger partial charge is 0.435 e. The summed E-state index contributed by atoms with van der Waals surface area (Å²) in [6.07, 6.45) is -3.13. The van der Waals surface area contributed by atoms with E-state index in [1.54, 1.807) is 11.3 Å². The average Bonchev–Trinajstić information content (AvgIpc) is 3.18. The minimum absolute atomic E-state index is 0.0542. The van der Waals surface area contributed by atoms with Crippen LogP contribution in [-0.2, 0) is 19.8 Å². The van der Waals surface area contributed by atoms with Gasteiger partial charge in [0.1, 0.15) is 0 Å². The van der Waals surface area contributed by atoms with Crippen LogP contribution in [-0.4, -0.2) is 28.8 Å². The molecule has 0 aliphatic carbocycles. The zero-order chi connectivity index (χ0) is 18.4. The van der Waals surface area contributed by atoms with E-state index in [0.717, 1.165) is 4.68 Å². The van der Waals surface area contributed by atoms with Gasteiger partial charge in [0, 0.05) is 42.7 Å². The first-order valence-corrected chi connectivity index (χ1v) is 8.84. The van der Waals surface area contributed by atoms with E-state index in [-0.39, 0.29) is 18.0 Å². The van der Waals surface area contributed by atoms with Gasteiger partial charge in [0.15, 0.2) is 11.7 Å². The number of rotatable bonds is 6. The highest BCUT2D eigenvalue weighted by molar-refractivity contribution is 7.10. The molecule has 2 N–H and O–H groups in total. The Morgan fingerprint density at radius 2 is 2.16 bits per heavy atom. The highest BCUT2D eigenvalue weighted by Gasteiger charge is 2.36. The van der Waals surface area contributed by atoms with Gasteiger partial charge in [-0.25, -0.2) is 4.99 Å². The zero-order valence-corrected chi connectivity index (χ0v) is 15.2. The van der Waals surface area contributed by atoms with Crippen LogP contribution >= 0.6 is 11.3 Å². The van der Waals surface area contributed by atoms with Gasteiger partial charge in [0.25, 0.3) is 0 Å². The van der Waals surface area contributed by atoms with Gasteiger partial charge in [0.05, 0.1) is 6.54 Å². The fourth-order valence-electron chi connectivity index (χ4n) is 2.32. The summed E-state index contributed by atoms with van der Waals surface area (Å²) < 4.78 is 40.1. The Morgan fingerprint density at radius 1 is 1.40 bits per heavy atom. The molecule has 0 saturated heterocycles. The van der Waals surface area contributed by atoms with Gasteiger partial charge in [0.2, 0.25) is 0 Å². The van der Waals surface area contributed by atoms with E-state index < -0.39 is 11.9 Å². The van der Waals surface area contributed by atoms with Crippen LogP contribution in [0.2, 0.25) is 0 Å². The second-order valence-electron chi connectivity index (χ2n) is 5.67. The molecule has 0 aliphatic heterocycles. The molecular weight excluding hydrogens is 351 g/mol. The van der Waals surface area contributed by atoms with Gasteiger partial charge in [-0.1, -0.05) is 13.0 Å². The zero-order valence-electron chi connectivity index (χ0n) is 14.4. The van der Waals surface area contributed by atoms with Gasteiger partial charge in [-0.2, -0.15) is 18.3 Å². The molecule has 2 aromatic rings. The van der Waals surface area contributed by atoms with E-state index in [9.17, 15) is 13.2 Å². The monoisotopic (exact) mass is 373 g/mol. The second-order valence-corrected chi connectivity index (χ2v) is 6.65. The third-order valence-corrected chi connectivity index (χ3v) is 4.63. The third kappa shape index (κ3) is 5.48. The molecule has 2 heterocycles. The standard InChI is InChI=1S/C16H22F3N5S/c1-4-20-15(21-8-11(2)13-6-5-7-25-13)22-9-12-10-24(3)23-14(12)16(17,18)19/h5-7,10-11H,4,8-9H2,1-3H3,(H2,20,21,22). The summed E-state index contributed by atoms with van der Waals surface area (Å²) in [5.41, 5.74) is -0.833. The summed E-state index contributed by atoms with van der Waals surface area (Å²) in [6.45, 7) is 5.17. The predicted molar refractivity (Wildman–Crippen MR) is 93.8 cm³/mol. The lowest BCUT2D eigenvalue weighted by molar-refractivity contribution is -0.142. The Labute approximate surface area is 149 Å². The average molecular weight is 373 g/mol. The number of halogens is 3. The lowest BCUT2D eigenvalue weighted by atomic mass is 10.1. The Hall–Kier alpha value is -2.03. The number of aromatic nitrogens is 2. The molecule has 25 heavy (non-hydrogen) atoms. The summed E-state index contributed by atoms with van der Waals surface area (Å²) in [7, 11) is 1.47. The maximum absolute atomic E-state index is 13.0. The van der Waals surface area contributed by atoms with E-state index in [1.807, 2.05) is 18.4 Å². The number of alkyl halides is 3. The van der Waals surface area contributed by atoms with E-state index in [4.69, 9.17) is 0 Å². The number of aliphatic imine (C=N–C) groups is 1. The van der Waals surface area contributed by atoms with E-state index in [1.165, 1.54) is 18.1 Å². The maximum Gasteiger partial charge on any atom is 0.435 e. The molecule has 1 atom stereocenters. The topological polar surface area (TPSA) is 54.2 Å². The van der Waals surface area contributed by atoms with Crippen LogP contribution in [0.15, 0.2) is 28.7 Å². The smallest absolute Gasteiger partial charge is 0.357 e. The summed E-state index contributed by atoms with van der Waals surface area (Å²) in [4.78, 5) is 5.51. The minimum atomic E-state index is -4.48. The molecule has 0 saturated carbocycles. The predicted octanol–water partition coefficient (Wildman–Crippen LogP) is 3.36. The number of nitrogens with zero attached hydrogens (tertiary/aromatic N) is 3. The number of hydrogen-bond acceptors (Lipinski definition) is 3. The molecule has 2 aromatic heterocycles. The Morgan fingerprint density at radius 3 is 2.76 bits per heavy atom. The third-order valence-electron chi connectivity index (χ3n) is 3.53. The number of aryl methyl sites for hydroxylation is 1. The van der Waals surface area contributed by atoms with Gasteiger partial charge < -0.3 is 10.6 Å². The molecule has 9 heteroatoms. The Balaban J connectivity index is 2.05. The molecule has 0 bridgehead atoms. The van der Waals surface area contributed by atoms with E-state index in [0.29, 0.717) is 19.0 Å². The number of thiophene rings is 1. The number of guanidine groups is 1. The Bertz CT molecular complexity index is 691. The van der Waals surface area contributed by atoms with Crippen LogP contribution < -0.4 is 10.6 Å². The lowest BCUT2D eigenvalue weighted by Gasteiger charge is -2.15. The van der Waals surface area contributed by atoms with Crippen LogP contribution in [0.3, 0.4) is 0 Å². The molecule has 0 amide bonds. The molecule has 0 aromatic carbocycles.